The molecule has 0 saturated heterocycles. The molecule has 0 aliphatic heterocycles. The normalized spacial score (nSPS) is 11.4. The number of aromatic carboxylic acids is 1. The topological polar surface area (TPSA) is 150 Å². The molecule has 0 unspecified atom stereocenters. The molecule has 12 heteroatoms. The van der Waals surface area contributed by atoms with Crippen molar-refractivity contribution in [2.45, 2.75) is 6.61 Å². The van der Waals surface area contributed by atoms with E-state index in [2.05, 4.69) is 26.0 Å². The Kier molecular flexibility index (Phi) is 7.26. The summed E-state index contributed by atoms with van der Waals surface area (Å²) in [4.78, 5) is 40.9. The maximum atomic E-state index is 13.6. The van der Waals surface area contributed by atoms with Crippen LogP contribution in [-0.2, 0) is 6.61 Å². The molecule has 6 rings (SSSR count). The molecule has 212 valence electrons. The molecule has 0 aliphatic carbocycles. The van der Waals surface area contributed by atoms with Gasteiger partial charge in [-0.3, -0.25) is 14.9 Å². The number of hydrogen-bond acceptors (Lipinski definition) is 8. The molecule has 2 aromatic heterocycles. The maximum absolute atomic E-state index is 13.6. The first-order chi connectivity index (χ1) is 20.8. The zero-order chi connectivity index (χ0) is 30.1. The van der Waals surface area contributed by atoms with Gasteiger partial charge in [-0.05, 0) is 60.2 Å². The SMILES string of the molecule is O=C(O)c1cccc(COc2c(C=Nn3c(-c4cc5cc(Br)ccc5o4)nc4ccccc4c3=O)cccc2[N+](=O)[O-])c1. The van der Waals surface area contributed by atoms with Crippen LogP contribution in [-0.4, -0.2) is 31.9 Å². The van der Waals surface area contributed by atoms with E-state index in [1.54, 1.807) is 54.6 Å². The third-order valence-corrected chi connectivity index (χ3v) is 7.04. The summed E-state index contributed by atoms with van der Waals surface area (Å²) in [7, 11) is 0. The molecule has 4 aromatic carbocycles. The Bertz CT molecular complexity index is 2150. The van der Waals surface area contributed by atoms with Crippen LogP contribution in [0.15, 0.2) is 110 Å². The van der Waals surface area contributed by atoms with E-state index in [9.17, 15) is 24.8 Å². The van der Waals surface area contributed by atoms with Crippen LogP contribution in [0.1, 0.15) is 21.5 Å². The van der Waals surface area contributed by atoms with Crippen molar-refractivity contribution in [1.82, 2.24) is 9.66 Å². The second kappa shape index (κ2) is 11.3. The fourth-order valence-corrected chi connectivity index (χ4v) is 4.91. The van der Waals surface area contributed by atoms with E-state index in [0.29, 0.717) is 27.8 Å². The molecular weight excluding hydrogens is 620 g/mol. The van der Waals surface area contributed by atoms with E-state index >= 15 is 0 Å². The van der Waals surface area contributed by atoms with Crippen LogP contribution >= 0.6 is 15.9 Å². The first kappa shape index (κ1) is 27.5. The van der Waals surface area contributed by atoms with Crippen molar-refractivity contribution < 1.29 is 24.0 Å². The molecule has 11 nitrogen and oxygen atoms in total. The zero-order valence-corrected chi connectivity index (χ0v) is 23.6. The lowest BCUT2D eigenvalue weighted by molar-refractivity contribution is -0.385. The van der Waals surface area contributed by atoms with E-state index in [1.807, 2.05) is 12.1 Å². The predicted molar refractivity (Wildman–Crippen MR) is 163 cm³/mol. The van der Waals surface area contributed by atoms with Crippen molar-refractivity contribution in [2.75, 3.05) is 0 Å². The summed E-state index contributed by atoms with van der Waals surface area (Å²) < 4.78 is 13.8. The smallest absolute Gasteiger partial charge is 0.335 e. The van der Waals surface area contributed by atoms with Gasteiger partial charge in [-0.1, -0.05) is 46.3 Å². The summed E-state index contributed by atoms with van der Waals surface area (Å²) in [5.74, 6) is -0.788. The maximum Gasteiger partial charge on any atom is 0.335 e. The van der Waals surface area contributed by atoms with Gasteiger partial charge < -0.3 is 14.3 Å². The highest BCUT2D eigenvalue weighted by atomic mass is 79.9. The Morgan fingerprint density at radius 3 is 2.70 bits per heavy atom. The Labute approximate surface area is 250 Å². The largest absolute Gasteiger partial charge is 0.481 e. The van der Waals surface area contributed by atoms with Crippen LogP contribution < -0.4 is 10.3 Å². The lowest BCUT2D eigenvalue weighted by Gasteiger charge is -2.11. The number of halogens is 1. The highest BCUT2D eigenvalue weighted by molar-refractivity contribution is 9.10. The number of carboxylic acid groups (broad SMARTS) is 1. The minimum absolute atomic E-state index is 0.0547. The number of nitrogens with zero attached hydrogens (tertiary/aromatic N) is 4. The van der Waals surface area contributed by atoms with Gasteiger partial charge in [0.15, 0.2) is 5.76 Å². The molecule has 2 heterocycles. The Morgan fingerprint density at radius 1 is 1.07 bits per heavy atom. The summed E-state index contributed by atoms with van der Waals surface area (Å²) >= 11 is 3.45. The van der Waals surface area contributed by atoms with Crippen LogP contribution in [0.5, 0.6) is 5.75 Å². The number of furan rings is 1. The Hall–Kier alpha value is -5.62. The molecule has 0 radical (unpaired) electrons. The molecule has 0 amide bonds. The number of ether oxygens (including phenoxy) is 1. The molecular formula is C31H19BrN4O7. The van der Waals surface area contributed by atoms with Crippen molar-refractivity contribution in [3.8, 4) is 17.3 Å². The van der Waals surface area contributed by atoms with Gasteiger partial charge in [-0.25, -0.2) is 9.78 Å². The van der Waals surface area contributed by atoms with Crippen LogP contribution in [0, 0.1) is 10.1 Å². The average Bonchev–Trinajstić information content (AvgIpc) is 3.42. The predicted octanol–water partition coefficient (Wildman–Crippen LogP) is 6.64. The fourth-order valence-electron chi connectivity index (χ4n) is 4.53. The molecule has 0 aliphatic rings. The standard InChI is InChI=1S/C31H19BrN4O7/c32-22-11-12-26-21(14-22)15-27(43-26)29-34-24-9-2-1-8-23(24)30(37)35(29)33-16-20-7-4-10-25(36(40)41)28(20)42-17-18-5-3-6-19(13-18)31(38)39/h1-16H,17H2,(H,38,39). The Balaban J connectivity index is 1.45. The summed E-state index contributed by atoms with van der Waals surface area (Å²) in [6.45, 7) is -0.149. The monoisotopic (exact) mass is 638 g/mol. The van der Waals surface area contributed by atoms with Gasteiger partial charge >= 0.3 is 11.7 Å². The van der Waals surface area contributed by atoms with Crippen molar-refractivity contribution in [1.29, 1.82) is 0 Å². The van der Waals surface area contributed by atoms with E-state index in [0.717, 1.165) is 14.5 Å². The molecule has 43 heavy (non-hydrogen) atoms. The van der Waals surface area contributed by atoms with Gasteiger partial charge in [-0.15, -0.1) is 0 Å². The number of rotatable bonds is 8. The van der Waals surface area contributed by atoms with Gasteiger partial charge in [0, 0.05) is 21.5 Å². The number of carboxylic acids is 1. The lowest BCUT2D eigenvalue weighted by atomic mass is 10.1. The van der Waals surface area contributed by atoms with Crippen molar-refractivity contribution in [2.24, 2.45) is 5.10 Å². The minimum atomic E-state index is -1.11. The molecule has 6 aromatic rings. The molecule has 0 spiro atoms. The molecule has 0 fully saturated rings. The average molecular weight is 639 g/mol. The second-order valence-corrected chi connectivity index (χ2v) is 10.3. The van der Waals surface area contributed by atoms with Gasteiger partial charge in [0.2, 0.25) is 11.6 Å². The number of carbonyl (C=O) groups is 1. The van der Waals surface area contributed by atoms with E-state index < -0.39 is 16.5 Å². The first-order valence-electron chi connectivity index (χ1n) is 12.8. The number of para-hydroxylation sites is 2. The zero-order valence-electron chi connectivity index (χ0n) is 22.0. The van der Waals surface area contributed by atoms with Gasteiger partial charge in [0.05, 0.1) is 27.6 Å². The number of aromatic nitrogens is 2. The molecule has 0 saturated carbocycles. The fraction of sp³-hybridized carbons (Fsp3) is 0.0323. The highest BCUT2D eigenvalue weighted by Crippen LogP contribution is 2.32. The summed E-state index contributed by atoms with van der Waals surface area (Å²) in [5, 5.41) is 26.7. The molecule has 1 N–H and O–H groups in total. The van der Waals surface area contributed by atoms with E-state index in [4.69, 9.17) is 9.15 Å². The van der Waals surface area contributed by atoms with Crippen molar-refractivity contribution in [3.63, 3.8) is 0 Å². The van der Waals surface area contributed by atoms with E-state index in [-0.39, 0.29) is 35.0 Å². The number of nitro groups is 1. The number of hydrogen-bond donors (Lipinski definition) is 1. The van der Waals surface area contributed by atoms with Crippen LogP contribution in [0.4, 0.5) is 5.69 Å². The van der Waals surface area contributed by atoms with Crippen molar-refractivity contribution >= 4 is 55.7 Å². The van der Waals surface area contributed by atoms with Crippen LogP contribution in [0.3, 0.4) is 0 Å². The van der Waals surface area contributed by atoms with E-state index in [1.165, 1.54) is 30.5 Å². The Morgan fingerprint density at radius 2 is 1.88 bits per heavy atom. The number of fused-ring (bicyclic) bond motifs is 2. The number of benzene rings is 4. The summed E-state index contributed by atoms with van der Waals surface area (Å²) in [5.41, 5.74) is 0.982. The second-order valence-electron chi connectivity index (χ2n) is 9.35. The summed E-state index contributed by atoms with van der Waals surface area (Å²) in [6, 6.07) is 24.4. The number of nitro benzene ring substituents is 1. The highest BCUT2D eigenvalue weighted by Gasteiger charge is 2.20. The first-order valence-corrected chi connectivity index (χ1v) is 13.6. The minimum Gasteiger partial charge on any atom is -0.481 e. The van der Waals surface area contributed by atoms with Gasteiger partial charge in [0.1, 0.15) is 12.2 Å². The van der Waals surface area contributed by atoms with Crippen LogP contribution in [0.25, 0.3) is 33.5 Å². The third kappa shape index (κ3) is 5.51. The van der Waals surface area contributed by atoms with Gasteiger partial charge in [-0.2, -0.15) is 9.78 Å². The molecule has 0 atom stereocenters. The van der Waals surface area contributed by atoms with Crippen LogP contribution in [0.2, 0.25) is 0 Å². The molecule has 0 bridgehead atoms. The van der Waals surface area contributed by atoms with Gasteiger partial charge in [0.25, 0.3) is 5.56 Å². The third-order valence-electron chi connectivity index (χ3n) is 6.54. The quantitative estimate of drug-likeness (QED) is 0.111. The lowest BCUT2D eigenvalue weighted by Crippen LogP contribution is -2.20. The van der Waals surface area contributed by atoms with Crippen molar-refractivity contribution in [3.05, 3.63) is 133 Å². The summed E-state index contributed by atoms with van der Waals surface area (Å²) in [6.07, 6.45) is 1.27.